The van der Waals surface area contributed by atoms with Gasteiger partial charge in [-0.25, -0.2) is 14.4 Å². The smallest absolute Gasteiger partial charge is 0.352 e. The van der Waals surface area contributed by atoms with Gasteiger partial charge in [0.15, 0.2) is 5.82 Å². The summed E-state index contributed by atoms with van der Waals surface area (Å²) in [4.78, 5) is 23.8. The molecule has 1 fully saturated rings. The Labute approximate surface area is 193 Å². The number of likely N-dealkylation sites (tertiary alicyclic amines) is 1. The van der Waals surface area contributed by atoms with Gasteiger partial charge in [-0.15, -0.1) is 4.80 Å². The Balaban J connectivity index is 1.58. The van der Waals surface area contributed by atoms with Gasteiger partial charge in [0.05, 0.1) is 29.6 Å². The molecule has 2 atom stereocenters. The number of aromatic nitrogens is 5. The van der Waals surface area contributed by atoms with Gasteiger partial charge in [-0.1, -0.05) is 13.0 Å². The summed E-state index contributed by atoms with van der Waals surface area (Å²) in [5, 5.41) is 10.9. The van der Waals surface area contributed by atoms with Crippen molar-refractivity contribution >= 4 is 11.9 Å². The van der Waals surface area contributed by atoms with Crippen molar-refractivity contribution in [2.24, 2.45) is 5.92 Å². The van der Waals surface area contributed by atoms with Gasteiger partial charge in [0.25, 0.3) is 5.91 Å². The molecule has 3 aromatic rings. The topological polar surface area (TPSA) is 88.8 Å². The number of hydrogen-bond donors (Lipinski definition) is 1. The van der Waals surface area contributed by atoms with Crippen molar-refractivity contribution in [1.82, 2.24) is 29.9 Å². The minimum absolute atomic E-state index is 0.0222. The lowest BCUT2D eigenvalue weighted by Crippen LogP contribution is -2.51. The molecule has 2 aromatic heterocycles. The van der Waals surface area contributed by atoms with E-state index in [0.29, 0.717) is 24.5 Å². The van der Waals surface area contributed by atoms with E-state index in [9.17, 15) is 18.0 Å². The lowest BCUT2D eigenvalue weighted by molar-refractivity contribution is -0.138. The standard InChI is InChI=1S/C22H23F4N7O/c1-13-4-3-9-32(17(13)12-29-21-27-10-15(11-28-21)22(24,25)26)20(34)16-6-5-14(2)18(23)19(16)33-30-7-8-31-33/h5-8,10-11,13,17H,3-4,9,12H2,1-2H3,(H,27,28,29). The van der Waals surface area contributed by atoms with Gasteiger partial charge < -0.3 is 10.2 Å². The minimum atomic E-state index is -4.52. The van der Waals surface area contributed by atoms with Crippen molar-refractivity contribution < 1.29 is 22.4 Å². The zero-order valence-electron chi connectivity index (χ0n) is 18.6. The zero-order valence-corrected chi connectivity index (χ0v) is 18.6. The lowest BCUT2D eigenvalue weighted by atomic mass is 9.90. The Morgan fingerprint density at radius 2 is 1.85 bits per heavy atom. The molecule has 12 heteroatoms. The van der Waals surface area contributed by atoms with Crippen molar-refractivity contribution in [2.45, 2.75) is 38.9 Å². The van der Waals surface area contributed by atoms with E-state index in [-0.39, 0.29) is 41.6 Å². The highest BCUT2D eigenvalue weighted by molar-refractivity contribution is 5.98. The van der Waals surface area contributed by atoms with E-state index in [4.69, 9.17) is 0 Å². The Bertz CT molecular complexity index is 1150. The molecule has 0 radical (unpaired) electrons. The molecular formula is C22H23F4N7O. The van der Waals surface area contributed by atoms with Crippen LogP contribution in [-0.2, 0) is 6.18 Å². The Kier molecular flexibility index (Phi) is 6.49. The van der Waals surface area contributed by atoms with Crippen LogP contribution < -0.4 is 5.32 Å². The molecular weight excluding hydrogens is 454 g/mol. The molecule has 1 aliphatic heterocycles. The Morgan fingerprint density at radius 1 is 1.18 bits per heavy atom. The lowest BCUT2D eigenvalue weighted by Gasteiger charge is -2.40. The van der Waals surface area contributed by atoms with Crippen LogP contribution in [0.25, 0.3) is 5.69 Å². The van der Waals surface area contributed by atoms with E-state index in [1.165, 1.54) is 18.5 Å². The molecule has 0 bridgehead atoms. The van der Waals surface area contributed by atoms with Crippen molar-refractivity contribution in [3.05, 3.63) is 59.4 Å². The van der Waals surface area contributed by atoms with E-state index in [1.807, 2.05) is 6.92 Å². The van der Waals surface area contributed by atoms with Gasteiger partial charge in [0.2, 0.25) is 5.95 Å². The largest absolute Gasteiger partial charge is 0.419 e. The second-order valence-corrected chi connectivity index (χ2v) is 8.27. The second kappa shape index (κ2) is 9.35. The molecule has 4 rings (SSSR count). The van der Waals surface area contributed by atoms with Crippen LogP contribution in [0.4, 0.5) is 23.5 Å². The summed E-state index contributed by atoms with van der Waals surface area (Å²) >= 11 is 0. The van der Waals surface area contributed by atoms with Crippen LogP contribution in [0.5, 0.6) is 0 Å². The third-order valence-corrected chi connectivity index (χ3v) is 5.98. The first kappa shape index (κ1) is 23.6. The molecule has 0 spiro atoms. The maximum atomic E-state index is 15.0. The molecule has 1 saturated heterocycles. The zero-order chi connectivity index (χ0) is 24.5. The second-order valence-electron chi connectivity index (χ2n) is 8.27. The highest BCUT2D eigenvalue weighted by Gasteiger charge is 2.35. The third kappa shape index (κ3) is 4.70. The highest BCUT2D eigenvalue weighted by Crippen LogP contribution is 2.30. The van der Waals surface area contributed by atoms with Crippen LogP contribution in [0.1, 0.15) is 41.3 Å². The summed E-state index contributed by atoms with van der Waals surface area (Å²) in [5.41, 5.74) is -0.481. The number of anilines is 1. The van der Waals surface area contributed by atoms with Crippen LogP contribution in [0, 0.1) is 18.7 Å². The fourth-order valence-corrected chi connectivity index (χ4v) is 4.09. The van der Waals surface area contributed by atoms with Crippen molar-refractivity contribution in [1.29, 1.82) is 0 Å². The molecule has 2 unspecified atom stereocenters. The molecule has 34 heavy (non-hydrogen) atoms. The summed E-state index contributed by atoms with van der Waals surface area (Å²) in [6.07, 6.45) is 1.32. The van der Waals surface area contributed by atoms with Crippen molar-refractivity contribution in [3.63, 3.8) is 0 Å². The van der Waals surface area contributed by atoms with Gasteiger partial charge in [-0.3, -0.25) is 4.79 Å². The van der Waals surface area contributed by atoms with Crippen LogP contribution in [0.15, 0.2) is 36.9 Å². The summed E-state index contributed by atoms with van der Waals surface area (Å²) < 4.78 is 53.3. The number of piperidine rings is 1. The molecule has 1 aromatic carbocycles. The number of amides is 1. The van der Waals surface area contributed by atoms with Gasteiger partial charge in [-0.05, 0) is 37.3 Å². The van der Waals surface area contributed by atoms with Crippen LogP contribution in [-0.4, -0.2) is 54.9 Å². The number of benzene rings is 1. The number of alkyl halides is 3. The number of nitrogens with zero attached hydrogens (tertiary/aromatic N) is 6. The predicted octanol–water partition coefficient (Wildman–Crippen LogP) is 3.88. The number of hydrogen-bond acceptors (Lipinski definition) is 6. The third-order valence-electron chi connectivity index (χ3n) is 5.98. The van der Waals surface area contributed by atoms with E-state index < -0.39 is 17.6 Å². The number of rotatable bonds is 5. The minimum Gasteiger partial charge on any atom is -0.352 e. The fraction of sp³-hybridized carbons (Fsp3) is 0.409. The normalized spacial score (nSPS) is 18.7. The SMILES string of the molecule is Cc1ccc(C(=O)N2CCCC(C)C2CNc2ncc(C(F)(F)F)cn2)c(-n2nccn2)c1F. The van der Waals surface area contributed by atoms with Crippen LogP contribution in [0.3, 0.4) is 0 Å². The summed E-state index contributed by atoms with van der Waals surface area (Å²) in [6.45, 7) is 4.26. The molecule has 180 valence electrons. The van der Waals surface area contributed by atoms with Crippen LogP contribution in [0.2, 0.25) is 0 Å². The van der Waals surface area contributed by atoms with E-state index >= 15 is 4.39 Å². The molecule has 1 amide bonds. The molecule has 0 aliphatic carbocycles. The van der Waals surface area contributed by atoms with E-state index in [0.717, 1.165) is 17.6 Å². The number of aryl methyl sites for hydroxylation is 1. The molecule has 1 aliphatic rings. The predicted molar refractivity (Wildman–Crippen MR) is 115 cm³/mol. The van der Waals surface area contributed by atoms with Crippen molar-refractivity contribution in [3.8, 4) is 5.69 Å². The van der Waals surface area contributed by atoms with E-state index in [1.54, 1.807) is 17.9 Å². The maximum Gasteiger partial charge on any atom is 0.419 e. The van der Waals surface area contributed by atoms with Gasteiger partial charge in [-0.2, -0.15) is 23.4 Å². The molecule has 0 saturated carbocycles. The first-order chi connectivity index (χ1) is 16.2. The molecule has 1 N–H and O–H groups in total. The number of carbonyl (C=O) groups is 1. The summed E-state index contributed by atoms with van der Waals surface area (Å²) in [5.74, 6) is -0.847. The summed E-state index contributed by atoms with van der Waals surface area (Å²) in [6, 6.07) is 2.78. The highest BCUT2D eigenvalue weighted by atomic mass is 19.4. The first-order valence-corrected chi connectivity index (χ1v) is 10.8. The van der Waals surface area contributed by atoms with Crippen LogP contribution >= 0.6 is 0 Å². The number of halogens is 4. The fourth-order valence-electron chi connectivity index (χ4n) is 4.09. The average molecular weight is 477 g/mol. The van der Waals surface area contributed by atoms with Gasteiger partial charge in [0, 0.05) is 25.5 Å². The number of carbonyl (C=O) groups excluding carboxylic acids is 1. The van der Waals surface area contributed by atoms with Crippen molar-refractivity contribution in [2.75, 3.05) is 18.4 Å². The molecule has 8 nitrogen and oxygen atoms in total. The maximum absolute atomic E-state index is 15.0. The molecule has 3 heterocycles. The quantitative estimate of drug-likeness (QED) is 0.562. The number of nitrogens with one attached hydrogen (secondary N) is 1. The van der Waals surface area contributed by atoms with Gasteiger partial charge in [0.1, 0.15) is 5.69 Å². The first-order valence-electron chi connectivity index (χ1n) is 10.8. The Morgan fingerprint density at radius 3 is 2.50 bits per heavy atom. The summed E-state index contributed by atoms with van der Waals surface area (Å²) in [7, 11) is 0. The van der Waals surface area contributed by atoms with Gasteiger partial charge >= 0.3 is 6.18 Å². The monoisotopic (exact) mass is 477 g/mol. The Hall–Kier alpha value is -3.57. The van der Waals surface area contributed by atoms with E-state index in [2.05, 4.69) is 25.5 Å². The average Bonchev–Trinajstić information content (AvgIpc) is 3.33.